The number of cyclic esters (lactones) is 1. The van der Waals surface area contributed by atoms with Crippen LogP contribution in [0.25, 0.3) is 0 Å². The van der Waals surface area contributed by atoms with E-state index >= 15 is 0 Å². The van der Waals surface area contributed by atoms with E-state index in [9.17, 15) is 17.1 Å². The minimum absolute atomic E-state index is 0.189. The Morgan fingerprint density at radius 3 is 2.77 bits per heavy atom. The zero-order valence-corrected chi connectivity index (χ0v) is 7.58. The van der Waals surface area contributed by atoms with Crippen molar-refractivity contribution in [2.45, 2.75) is 6.10 Å². The molecular formula is C5H8FNO5S. The summed E-state index contributed by atoms with van der Waals surface area (Å²) in [5.74, 6) is 0. The van der Waals surface area contributed by atoms with Crippen molar-refractivity contribution in [3.05, 3.63) is 0 Å². The topological polar surface area (TPSA) is 72.9 Å². The Morgan fingerprint density at radius 2 is 2.38 bits per heavy atom. The molecule has 0 aromatic carbocycles. The Hall–Kier alpha value is -0.890. The average Bonchev–Trinajstić information content (AvgIpc) is 2.27. The molecule has 13 heavy (non-hydrogen) atoms. The Bertz CT molecular complexity index is 302. The summed E-state index contributed by atoms with van der Waals surface area (Å²) in [4.78, 5) is 11.9. The molecule has 0 aromatic heterocycles. The average molecular weight is 213 g/mol. The summed E-state index contributed by atoms with van der Waals surface area (Å²) in [6.07, 6.45) is -1.31. The van der Waals surface area contributed by atoms with Crippen LogP contribution in [0.15, 0.2) is 0 Å². The van der Waals surface area contributed by atoms with Crippen LogP contribution >= 0.6 is 0 Å². The fraction of sp³-hybridized carbons (Fsp3) is 0.800. The number of likely N-dealkylation sites (N-methyl/N-ethyl adjacent to an activating group) is 1. The molecule has 0 N–H and O–H groups in total. The number of carbonyl (C=O) groups excluding carboxylic acids is 1. The van der Waals surface area contributed by atoms with Crippen molar-refractivity contribution in [3.8, 4) is 0 Å². The van der Waals surface area contributed by atoms with Gasteiger partial charge in [-0.2, -0.15) is 8.42 Å². The molecule has 6 nitrogen and oxygen atoms in total. The third-order valence-electron chi connectivity index (χ3n) is 1.45. The van der Waals surface area contributed by atoms with Gasteiger partial charge in [0, 0.05) is 7.05 Å². The molecule has 1 amide bonds. The predicted molar refractivity (Wildman–Crippen MR) is 38.9 cm³/mol. The normalized spacial score (nSPS) is 23.4. The molecule has 0 radical (unpaired) electrons. The van der Waals surface area contributed by atoms with Gasteiger partial charge in [0.25, 0.3) is 0 Å². The van der Waals surface area contributed by atoms with E-state index in [0.29, 0.717) is 0 Å². The van der Waals surface area contributed by atoms with Crippen molar-refractivity contribution in [2.24, 2.45) is 0 Å². The van der Waals surface area contributed by atoms with Gasteiger partial charge in [-0.25, -0.2) is 8.98 Å². The van der Waals surface area contributed by atoms with Gasteiger partial charge < -0.3 is 9.64 Å². The lowest BCUT2D eigenvalue weighted by atomic mass is 10.4. The number of amides is 1. The van der Waals surface area contributed by atoms with Gasteiger partial charge in [0.1, 0.15) is 12.7 Å². The number of hydrogen-bond acceptors (Lipinski definition) is 5. The van der Waals surface area contributed by atoms with Gasteiger partial charge in [0.2, 0.25) is 0 Å². The number of hydrogen-bond donors (Lipinski definition) is 0. The number of nitrogens with zero attached hydrogens (tertiary/aromatic N) is 1. The molecule has 0 aliphatic carbocycles. The Balaban J connectivity index is 2.37. The maximum absolute atomic E-state index is 11.8. The van der Waals surface area contributed by atoms with Crippen LogP contribution < -0.4 is 0 Å². The fourth-order valence-corrected chi connectivity index (χ4v) is 1.21. The van der Waals surface area contributed by atoms with Gasteiger partial charge in [-0.15, -0.1) is 0 Å². The summed E-state index contributed by atoms with van der Waals surface area (Å²) in [5.41, 5.74) is 0. The number of ether oxygens (including phenoxy) is 1. The third-order valence-corrected chi connectivity index (χ3v) is 1.87. The van der Waals surface area contributed by atoms with E-state index in [1.165, 1.54) is 11.9 Å². The van der Waals surface area contributed by atoms with Gasteiger partial charge >= 0.3 is 16.6 Å². The third kappa shape index (κ3) is 3.15. The van der Waals surface area contributed by atoms with E-state index in [4.69, 9.17) is 0 Å². The van der Waals surface area contributed by atoms with Crippen LogP contribution in [0.2, 0.25) is 0 Å². The van der Waals surface area contributed by atoms with Gasteiger partial charge in [-0.3, -0.25) is 0 Å². The maximum Gasteiger partial charge on any atom is 0.437 e. The highest BCUT2D eigenvalue weighted by Gasteiger charge is 2.29. The lowest BCUT2D eigenvalue weighted by Crippen LogP contribution is -2.22. The Morgan fingerprint density at radius 1 is 1.77 bits per heavy atom. The lowest BCUT2D eigenvalue weighted by molar-refractivity contribution is 0.102. The Kier molecular flexibility index (Phi) is 2.71. The molecule has 0 saturated carbocycles. The minimum atomic E-state index is -4.96. The van der Waals surface area contributed by atoms with Crippen molar-refractivity contribution in [2.75, 3.05) is 20.2 Å². The smallest absolute Gasteiger partial charge is 0.437 e. The van der Waals surface area contributed by atoms with Crippen LogP contribution in [0.5, 0.6) is 0 Å². The SMILES string of the molecule is CN1CC(COS(=O)(=O)F)OC1=O. The van der Waals surface area contributed by atoms with Crippen LogP contribution in [0.1, 0.15) is 0 Å². The monoisotopic (exact) mass is 213 g/mol. The summed E-state index contributed by atoms with van der Waals surface area (Å²) in [6, 6.07) is 0. The summed E-state index contributed by atoms with van der Waals surface area (Å²) >= 11 is 0. The molecule has 0 spiro atoms. The first kappa shape index (κ1) is 10.2. The number of rotatable bonds is 3. The maximum atomic E-state index is 11.8. The second kappa shape index (κ2) is 3.46. The van der Waals surface area contributed by atoms with Crippen molar-refractivity contribution in [1.29, 1.82) is 0 Å². The molecule has 1 aliphatic rings. The first-order chi connectivity index (χ1) is 5.88. The van der Waals surface area contributed by atoms with Crippen molar-refractivity contribution >= 4 is 16.6 Å². The molecule has 1 rings (SSSR count). The minimum Gasteiger partial charge on any atom is -0.442 e. The fourth-order valence-electron chi connectivity index (χ4n) is 0.894. The highest BCUT2D eigenvalue weighted by molar-refractivity contribution is 7.81. The molecule has 1 fully saturated rings. The Labute approximate surface area is 74.6 Å². The molecule has 1 aliphatic heterocycles. The quantitative estimate of drug-likeness (QED) is 0.600. The van der Waals surface area contributed by atoms with Crippen LogP contribution in [0, 0.1) is 0 Å². The first-order valence-electron chi connectivity index (χ1n) is 3.39. The summed E-state index contributed by atoms with van der Waals surface area (Å²) in [6.45, 7) is -0.302. The van der Waals surface area contributed by atoms with Gasteiger partial charge in [0.15, 0.2) is 0 Å². The highest BCUT2D eigenvalue weighted by atomic mass is 32.3. The van der Waals surface area contributed by atoms with Gasteiger partial charge in [-0.05, 0) is 0 Å². The van der Waals surface area contributed by atoms with Crippen LogP contribution in [0.3, 0.4) is 0 Å². The zero-order chi connectivity index (χ0) is 10.1. The summed E-state index contributed by atoms with van der Waals surface area (Å²) in [7, 11) is -3.48. The molecule has 0 bridgehead atoms. The molecule has 1 atom stereocenters. The standard InChI is InChI=1S/C5H8FNO5S/c1-7-2-4(12-5(7)8)3-11-13(6,9)10/h4H,2-3H2,1H3. The van der Waals surface area contributed by atoms with Gasteiger partial charge in [0.05, 0.1) is 6.54 Å². The van der Waals surface area contributed by atoms with Crippen LogP contribution in [0.4, 0.5) is 8.68 Å². The lowest BCUT2D eigenvalue weighted by Gasteiger charge is -2.04. The zero-order valence-electron chi connectivity index (χ0n) is 6.77. The second-order valence-electron chi connectivity index (χ2n) is 2.56. The predicted octanol–water partition coefficient (Wildman–Crippen LogP) is -0.332. The number of carbonyl (C=O) groups is 1. The highest BCUT2D eigenvalue weighted by Crippen LogP contribution is 2.10. The van der Waals surface area contributed by atoms with Crippen LogP contribution in [-0.4, -0.2) is 45.7 Å². The van der Waals surface area contributed by atoms with Crippen molar-refractivity contribution in [1.82, 2.24) is 4.90 Å². The molecule has 1 unspecified atom stereocenters. The molecule has 76 valence electrons. The molecule has 1 saturated heterocycles. The summed E-state index contributed by atoms with van der Waals surface area (Å²) < 4.78 is 40.1. The molecule has 1 heterocycles. The van der Waals surface area contributed by atoms with Crippen LogP contribution in [-0.2, 0) is 19.4 Å². The molecule has 0 aromatic rings. The van der Waals surface area contributed by atoms with E-state index in [-0.39, 0.29) is 6.54 Å². The van der Waals surface area contributed by atoms with Crippen molar-refractivity contribution < 1.29 is 26.0 Å². The van der Waals surface area contributed by atoms with E-state index in [1.807, 2.05) is 0 Å². The van der Waals surface area contributed by atoms with E-state index in [2.05, 4.69) is 8.92 Å². The van der Waals surface area contributed by atoms with E-state index in [1.54, 1.807) is 0 Å². The van der Waals surface area contributed by atoms with E-state index in [0.717, 1.165) is 0 Å². The van der Waals surface area contributed by atoms with E-state index < -0.39 is 29.3 Å². The number of halogens is 1. The largest absolute Gasteiger partial charge is 0.442 e. The molecule has 8 heteroatoms. The first-order valence-corrected chi connectivity index (χ1v) is 4.70. The van der Waals surface area contributed by atoms with Gasteiger partial charge in [-0.1, -0.05) is 3.89 Å². The second-order valence-corrected chi connectivity index (χ2v) is 3.59. The molecular weight excluding hydrogens is 205 g/mol. The summed E-state index contributed by atoms with van der Waals surface area (Å²) in [5, 5.41) is 0. The van der Waals surface area contributed by atoms with Crippen molar-refractivity contribution in [3.63, 3.8) is 0 Å².